The van der Waals surface area contributed by atoms with Crippen LogP contribution in [0.5, 0.6) is 17.5 Å². The molecule has 0 aliphatic heterocycles. The van der Waals surface area contributed by atoms with Gasteiger partial charge in [-0.25, -0.2) is 0 Å². The smallest absolute Gasteiger partial charge is 0.321 e. The summed E-state index contributed by atoms with van der Waals surface area (Å²) in [4.78, 5) is 12.0. The van der Waals surface area contributed by atoms with E-state index in [0.717, 1.165) is 0 Å². The first kappa shape index (κ1) is 13.4. The molecule has 19 heavy (non-hydrogen) atoms. The highest BCUT2D eigenvalue weighted by atomic mass is 35.5. The van der Waals surface area contributed by atoms with E-state index in [1.165, 1.54) is 7.11 Å². The van der Waals surface area contributed by atoms with Gasteiger partial charge in [0, 0.05) is 6.07 Å². The lowest BCUT2D eigenvalue weighted by molar-refractivity contribution is 0.378. The predicted octanol–water partition coefficient (Wildman–Crippen LogP) is 2.22. The van der Waals surface area contributed by atoms with E-state index in [1.54, 1.807) is 32.4 Å². The molecule has 0 fully saturated rings. The first-order chi connectivity index (χ1) is 9.17. The maximum atomic E-state index is 5.83. The molecule has 0 aliphatic rings. The van der Waals surface area contributed by atoms with Crippen LogP contribution in [0.15, 0.2) is 18.2 Å². The molecule has 100 valence electrons. The summed E-state index contributed by atoms with van der Waals surface area (Å²) in [7, 11) is 4.59. The molecule has 1 aromatic carbocycles. The molecule has 0 spiro atoms. The molecule has 0 amide bonds. The topological polar surface area (TPSA) is 66.4 Å². The second-order valence-electron chi connectivity index (χ2n) is 3.48. The Labute approximate surface area is 115 Å². The monoisotopic (exact) mass is 281 g/mol. The second-order valence-corrected chi connectivity index (χ2v) is 3.82. The van der Waals surface area contributed by atoms with Crippen LogP contribution in [0, 0.1) is 0 Å². The molecular formula is C12H12ClN3O3. The van der Waals surface area contributed by atoms with Gasteiger partial charge in [0.25, 0.3) is 0 Å². The Bertz CT molecular complexity index is 592. The maximum Gasteiger partial charge on any atom is 0.321 e. The minimum absolute atomic E-state index is 0.0553. The van der Waals surface area contributed by atoms with Crippen molar-refractivity contribution >= 4 is 11.6 Å². The van der Waals surface area contributed by atoms with Crippen LogP contribution in [-0.2, 0) is 0 Å². The molecule has 0 atom stereocenters. The van der Waals surface area contributed by atoms with Crippen molar-refractivity contribution in [2.75, 3.05) is 21.3 Å². The lowest BCUT2D eigenvalue weighted by Crippen LogP contribution is -1.99. The van der Waals surface area contributed by atoms with Crippen LogP contribution in [0.2, 0.25) is 5.28 Å². The summed E-state index contributed by atoms with van der Waals surface area (Å²) >= 11 is 5.83. The van der Waals surface area contributed by atoms with Crippen LogP contribution in [0.25, 0.3) is 11.4 Å². The minimum Gasteiger partial charge on any atom is -0.497 e. The van der Waals surface area contributed by atoms with Gasteiger partial charge >= 0.3 is 6.01 Å². The molecule has 1 aromatic heterocycles. The molecular weight excluding hydrogens is 270 g/mol. The third-order valence-corrected chi connectivity index (χ3v) is 2.59. The predicted molar refractivity (Wildman–Crippen MR) is 69.9 cm³/mol. The molecule has 1 heterocycles. The van der Waals surface area contributed by atoms with Crippen molar-refractivity contribution < 1.29 is 14.2 Å². The van der Waals surface area contributed by atoms with Crippen LogP contribution in [0.4, 0.5) is 0 Å². The fourth-order valence-electron chi connectivity index (χ4n) is 1.53. The number of hydrogen-bond donors (Lipinski definition) is 0. The molecule has 0 radical (unpaired) electrons. The van der Waals surface area contributed by atoms with Gasteiger partial charge in [0.1, 0.15) is 11.5 Å². The lowest BCUT2D eigenvalue weighted by atomic mass is 10.2. The molecule has 0 bridgehead atoms. The Morgan fingerprint density at radius 3 is 2.37 bits per heavy atom. The first-order valence-corrected chi connectivity index (χ1v) is 5.73. The van der Waals surface area contributed by atoms with Crippen LogP contribution >= 0.6 is 11.6 Å². The third kappa shape index (κ3) is 2.85. The van der Waals surface area contributed by atoms with E-state index in [1.807, 2.05) is 0 Å². The highest BCUT2D eigenvalue weighted by Gasteiger charge is 2.13. The molecule has 0 saturated carbocycles. The molecule has 0 N–H and O–H groups in total. The number of aromatic nitrogens is 3. The van der Waals surface area contributed by atoms with E-state index in [-0.39, 0.29) is 11.3 Å². The van der Waals surface area contributed by atoms with E-state index < -0.39 is 0 Å². The van der Waals surface area contributed by atoms with Gasteiger partial charge in [-0.15, -0.1) is 0 Å². The summed E-state index contributed by atoms with van der Waals surface area (Å²) in [6.07, 6.45) is 0. The molecule has 6 nitrogen and oxygen atoms in total. The number of halogens is 1. The van der Waals surface area contributed by atoms with E-state index in [0.29, 0.717) is 22.9 Å². The normalized spacial score (nSPS) is 10.1. The van der Waals surface area contributed by atoms with Crippen LogP contribution < -0.4 is 14.2 Å². The zero-order chi connectivity index (χ0) is 13.8. The van der Waals surface area contributed by atoms with E-state index in [9.17, 15) is 0 Å². The average molecular weight is 282 g/mol. The van der Waals surface area contributed by atoms with E-state index in [4.69, 9.17) is 25.8 Å². The van der Waals surface area contributed by atoms with Crippen molar-refractivity contribution in [1.29, 1.82) is 0 Å². The summed E-state index contributed by atoms with van der Waals surface area (Å²) in [6, 6.07) is 5.44. The van der Waals surface area contributed by atoms with Gasteiger partial charge in [-0.2, -0.15) is 15.0 Å². The zero-order valence-electron chi connectivity index (χ0n) is 10.7. The standard InChI is InChI=1S/C12H12ClN3O3/c1-17-7-4-5-8(9(6-7)18-2)10-14-11(13)16-12(15-10)19-3/h4-6H,1-3H3. The number of ether oxygens (including phenoxy) is 3. The molecule has 0 saturated heterocycles. The number of benzene rings is 1. The number of methoxy groups -OCH3 is 3. The number of rotatable bonds is 4. The first-order valence-electron chi connectivity index (χ1n) is 5.36. The summed E-state index contributed by atoms with van der Waals surface area (Å²) in [6.45, 7) is 0. The minimum atomic E-state index is 0.0553. The molecule has 0 aliphatic carbocycles. The Morgan fingerprint density at radius 2 is 1.74 bits per heavy atom. The van der Waals surface area contributed by atoms with Crippen LogP contribution in [-0.4, -0.2) is 36.3 Å². The van der Waals surface area contributed by atoms with Crippen molar-refractivity contribution in [2.45, 2.75) is 0 Å². The van der Waals surface area contributed by atoms with Gasteiger partial charge in [0.05, 0.1) is 26.9 Å². The van der Waals surface area contributed by atoms with Gasteiger partial charge < -0.3 is 14.2 Å². The number of nitrogens with zero attached hydrogens (tertiary/aromatic N) is 3. The summed E-state index contributed by atoms with van der Waals surface area (Å²) < 4.78 is 15.4. The highest BCUT2D eigenvalue weighted by Crippen LogP contribution is 2.32. The summed E-state index contributed by atoms with van der Waals surface area (Å²) in [5.74, 6) is 1.62. The van der Waals surface area contributed by atoms with Gasteiger partial charge in [0.2, 0.25) is 5.28 Å². The average Bonchev–Trinajstić information content (AvgIpc) is 2.45. The summed E-state index contributed by atoms with van der Waals surface area (Å²) in [5, 5.41) is 0.0553. The SMILES string of the molecule is COc1ccc(-c2nc(Cl)nc(OC)n2)c(OC)c1. The van der Waals surface area contributed by atoms with Crippen molar-refractivity contribution in [1.82, 2.24) is 15.0 Å². The van der Waals surface area contributed by atoms with E-state index in [2.05, 4.69) is 15.0 Å². The van der Waals surface area contributed by atoms with Gasteiger partial charge in [-0.3, -0.25) is 0 Å². The maximum absolute atomic E-state index is 5.83. The Balaban J connectivity index is 2.54. The van der Waals surface area contributed by atoms with Gasteiger partial charge in [0.15, 0.2) is 5.82 Å². The Hall–Kier alpha value is -2.08. The Morgan fingerprint density at radius 1 is 0.947 bits per heavy atom. The van der Waals surface area contributed by atoms with Crippen molar-refractivity contribution in [2.24, 2.45) is 0 Å². The molecule has 2 rings (SSSR count). The van der Waals surface area contributed by atoms with Crippen molar-refractivity contribution in [3.05, 3.63) is 23.5 Å². The van der Waals surface area contributed by atoms with Crippen LogP contribution in [0.1, 0.15) is 0 Å². The highest BCUT2D eigenvalue weighted by molar-refractivity contribution is 6.28. The fraction of sp³-hybridized carbons (Fsp3) is 0.250. The third-order valence-electron chi connectivity index (χ3n) is 2.42. The van der Waals surface area contributed by atoms with E-state index >= 15 is 0 Å². The second kappa shape index (κ2) is 5.71. The van der Waals surface area contributed by atoms with Crippen LogP contribution in [0.3, 0.4) is 0 Å². The van der Waals surface area contributed by atoms with Gasteiger partial charge in [-0.05, 0) is 23.7 Å². The quantitative estimate of drug-likeness (QED) is 0.856. The summed E-state index contributed by atoms with van der Waals surface area (Å²) in [5.41, 5.74) is 0.672. The zero-order valence-corrected chi connectivity index (χ0v) is 11.4. The lowest BCUT2D eigenvalue weighted by Gasteiger charge is -2.09. The molecule has 2 aromatic rings. The van der Waals surface area contributed by atoms with Crippen molar-refractivity contribution in [3.8, 4) is 28.9 Å². The molecule has 0 unspecified atom stereocenters. The Kier molecular flexibility index (Phi) is 4.01. The fourth-order valence-corrected chi connectivity index (χ4v) is 1.68. The number of hydrogen-bond acceptors (Lipinski definition) is 6. The van der Waals surface area contributed by atoms with Crippen molar-refractivity contribution in [3.63, 3.8) is 0 Å². The largest absolute Gasteiger partial charge is 0.497 e. The molecule has 7 heteroatoms. The van der Waals surface area contributed by atoms with Gasteiger partial charge in [-0.1, -0.05) is 0 Å².